The molecule has 0 radical (unpaired) electrons. The Morgan fingerprint density at radius 1 is 1.38 bits per heavy atom. The van der Waals surface area contributed by atoms with E-state index in [2.05, 4.69) is 5.16 Å². The highest BCUT2D eigenvalue weighted by Crippen LogP contribution is 2.50. The van der Waals surface area contributed by atoms with Gasteiger partial charge in [-0.05, 0) is 25.9 Å². The van der Waals surface area contributed by atoms with Gasteiger partial charge in [0.2, 0.25) is 0 Å². The van der Waals surface area contributed by atoms with Crippen LogP contribution in [0.1, 0.15) is 19.6 Å². The van der Waals surface area contributed by atoms with Gasteiger partial charge in [-0.2, -0.15) is 0 Å². The molecular weight excluding hydrogens is 257 g/mol. The lowest BCUT2D eigenvalue weighted by Gasteiger charge is -2.14. The molecule has 0 saturated carbocycles. The normalized spacial score (nSPS) is 11.8. The van der Waals surface area contributed by atoms with Crippen LogP contribution in [0, 0.1) is 6.92 Å². The second-order valence-corrected chi connectivity index (χ2v) is 4.70. The molecule has 0 atom stereocenters. The minimum absolute atomic E-state index is 0.0931. The Morgan fingerprint density at radius 3 is 2.31 bits per heavy atom. The van der Waals surface area contributed by atoms with Crippen molar-refractivity contribution < 1.29 is 22.7 Å². The number of aromatic nitrogens is 1. The maximum atomic E-state index is 11.9. The van der Waals surface area contributed by atoms with Crippen molar-refractivity contribution in [1.29, 1.82) is 0 Å². The van der Waals surface area contributed by atoms with Gasteiger partial charge in [-0.3, -0.25) is 9.05 Å². The molecule has 1 aromatic heterocycles. The van der Waals surface area contributed by atoms with Gasteiger partial charge in [0.25, 0.3) is 5.88 Å². The molecule has 1 rings (SSSR count). The zero-order valence-electron chi connectivity index (χ0n) is 9.23. The van der Waals surface area contributed by atoms with Crippen molar-refractivity contribution in [1.82, 2.24) is 5.16 Å². The molecule has 0 aromatic carbocycles. The molecule has 0 fully saturated rings. The van der Waals surface area contributed by atoms with Crippen LogP contribution in [0.25, 0.3) is 0 Å². The molecule has 6 nitrogen and oxygen atoms in total. The Kier molecular flexibility index (Phi) is 4.80. The molecular formula is C8H13ClNO5P. The maximum absolute atomic E-state index is 11.9. The summed E-state index contributed by atoms with van der Waals surface area (Å²) < 4.78 is 31.5. The highest BCUT2D eigenvalue weighted by molar-refractivity contribution is 7.48. The summed E-state index contributed by atoms with van der Waals surface area (Å²) in [7, 11) is -3.66. The van der Waals surface area contributed by atoms with Gasteiger partial charge in [-0.25, -0.2) is 4.57 Å². The van der Waals surface area contributed by atoms with Crippen LogP contribution in [0.3, 0.4) is 0 Å². The van der Waals surface area contributed by atoms with Crippen molar-refractivity contribution in [3.8, 4) is 5.88 Å². The van der Waals surface area contributed by atoms with E-state index in [4.69, 9.17) is 29.7 Å². The van der Waals surface area contributed by atoms with Crippen LogP contribution >= 0.6 is 19.4 Å². The maximum Gasteiger partial charge on any atom is 0.531 e. The van der Waals surface area contributed by atoms with Crippen molar-refractivity contribution >= 4 is 19.4 Å². The number of nitrogens with zero attached hydrogens (tertiary/aromatic N) is 1. The lowest BCUT2D eigenvalue weighted by molar-refractivity contribution is 0.163. The largest absolute Gasteiger partial charge is 0.531 e. The number of phosphoric ester groups is 1. The third-order valence-electron chi connectivity index (χ3n) is 1.54. The predicted molar refractivity (Wildman–Crippen MR) is 57.7 cm³/mol. The lowest BCUT2D eigenvalue weighted by Crippen LogP contribution is -2.02. The minimum Gasteiger partial charge on any atom is -0.380 e. The monoisotopic (exact) mass is 269 g/mol. The van der Waals surface area contributed by atoms with E-state index in [1.54, 1.807) is 20.8 Å². The molecule has 8 heteroatoms. The molecule has 0 aliphatic carbocycles. The number of aryl methyl sites for hydroxylation is 1. The molecule has 0 aliphatic rings. The van der Waals surface area contributed by atoms with Crippen molar-refractivity contribution in [3.63, 3.8) is 0 Å². The first-order valence-corrected chi connectivity index (χ1v) is 6.56. The number of hydrogen-bond donors (Lipinski definition) is 0. The highest BCUT2D eigenvalue weighted by Gasteiger charge is 2.30. The number of halogens is 1. The Bertz CT molecular complexity index is 384. The summed E-state index contributed by atoms with van der Waals surface area (Å²) in [6, 6.07) is 0. The summed E-state index contributed by atoms with van der Waals surface area (Å²) in [4.78, 5) is 0. The first kappa shape index (κ1) is 13.5. The summed E-state index contributed by atoms with van der Waals surface area (Å²) in [6.07, 6.45) is 0. The molecule has 0 unspecified atom stereocenters. The van der Waals surface area contributed by atoms with E-state index in [1.807, 2.05) is 0 Å². The third kappa shape index (κ3) is 3.22. The standard InChI is InChI=1S/C8H13ClNO5P/c1-4-12-16(11,13-5-2)15-8-7(9)6(3)14-10-8/h4-5H2,1-3H3. The van der Waals surface area contributed by atoms with Crippen LogP contribution in [-0.2, 0) is 13.6 Å². The van der Waals surface area contributed by atoms with E-state index in [1.165, 1.54) is 0 Å². The minimum atomic E-state index is -3.66. The Morgan fingerprint density at radius 2 is 1.94 bits per heavy atom. The zero-order chi connectivity index (χ0) is 12.2. The zero-order valence-corrected chi connectivity index (χ0v) is 10.9. The Hall–Kier alpha value is -0.550. The summed E-state index contributed by atoms with van der Waals surface area (Å²) in [5.41, 5.74) is 0. The van der Waals surface area contributed by atoms with Gasteiger partial charge in [0.15, 0.2) is 5.76 Å². The van der Waals surface area contributed by atoms with Crippen LogP contribution in [-0.4, -0.2) is 18.4 Å². The molecule has 92 valence electrons. The number of hydrogen-bond acceptors (Lipinski definition) is 6. The average molecular weight is 270 g/mol. The van der Waals surface area contributed by atoms with E-state index in [0.717, 1.165) is 0 Å². The van der Waals surface area contributed by atoms with Crippen LogP contribution < -0.4 is 4.52 Å². The van der Waals surface area contributed by atoms with Gasteiger partial charge in [0, 0.05) is 0 Å². The van der Waals surface area contributed by atoms with Crippen LogP contribution in [0.2, 0.25) is 5.02 Å². The van der Waals surface area contributed by atoms with E-state index in [0.29, 0.717) is 5.76 Å². The fraction of sp³-hybridized carbons (Fsp3) is 0.625. The SMILES string of the molecule is CCOP(=O)(OCC)Oc1noc(C)c1Cl. The average Bonchev–Trinajstić information content (AvgIpc) is 2.50. The molecule has 0 saturated heterocycles. The highest BCUT2D eigenvalue weighted by atomic mass is 35.5. The molecule has 0 spiro atoms. The van der Waals surface area contributed by atoms with Crippen LogP contribution in [0.15, 0.2) is 4.52 Å². The third-order valence-corrected chi connectivity index (χ3v) is 3.51. The first-order valence-electron chi connectivity index (χ1n) is 4.73. The quantitative estimate of drug-likeness (QED) is 0.739. The predicted octanol–water partition coefficient (Wildman–Crippen LogP) is 3.20. The van der Waals surface area contributed by atoms with Crippen LogP contribution in [0.4, 0.5) is 0 Å². The van der Waals surface area contributed by atoms with Crippen molar-refractivity contribution in [2.75, 3.05) is 13.2 Å². The van der Waals surface area contributed by atoms with Gasteiger partial charge in [-0.1, -0.05) is 11.6 Å². The lowest BCUT2D eigenvalue weighted by atomic mass is 10.5. The molecule has 0 N–H and O–H groups in total. The topological polar surface area (TPSA) is 70.8 Å². The molecule has 0 aliphatic heterocycles. The van der Waals surface area contributed by atoms with E-state index in [-0.39, 0.29) is 24.1 Å². The fourth-order valence-corrected chi connectivity index (χ4v) is 2.22. The molecule has 1 heterocycles. The summed E-state index contributed by atoms with van der Waals surface area (Å²) in [5.74, 6) is 0.278. The summed E-state index contributed by atoms with van der Waals surface area (Å²) in [5, 5.41) is 3.66. The van der Waals surface area contributed by atoms with Gasteiger partial charge in [0.1, 0.15) is 5.02 Å². The Balaban J connectivity index is 2.83. The molecule has 1 aromatic rings. The van der Waals surface area contributed by atoms with Gasteiger partial charge in [0.05, 0.1) is 13.2 Å². The molecule has 0 amide bonds. The Labute approximate surface area is 98.4 Å². The van der Waals surface area contributed by atoms with Crippen LogP contribution in [0.5, 0.6) is 5.88 Å². The summed E-state index contributed by atoms with van der Waals surface area (Å²) in [6.45, 7) is 5.32. The number of rotatable bonds is 6. The second-order valence-electron chi connectivity index (χ2n) is 2.73. The smallest absolute Gasteiger partial charge is 0.380 e. The molecule has 16 heavy (non-hydrogen) atoms. The van der Waals surface area contributed by atoms with Crippen molar-refractivity contribution in [2.45, 2.75) is 20.8 Å². The fourth-order valence-electron chi connectivity index (χ4n) is 0.909. The van der Waals surface area contributed by atoms with Crippen molar-refractivity contribution in [3.05, 3.63) is 10.8 Å². The van der Waals surface area contributed by atoms with E-state index >= 15 is 0 Å². The second kappa shape index (κ2) is 5.68. The molecule has 0 bridgehead atoms. The summed E-state index contributed by atoms with van der Waals surface area (Å²) >= 11 is 5.80. The first-order chi connectivity index (χ1) is 7.52. The van der Waals surface area contributed by atoms with Gasteiger partial charge >= 0.3 is 7.82 Å². The van der Waals surface area contributed by atoms with Gasteiger partial charge in [-0.15, -0.1) is 0 Å². The number of phosphoric acid groups is 1. The van der Waals surface area contributed by atoms with E-state index < -0.39 is 7.82 Å². The van der Waals surface area contributed by atoms with Gasteiger partial charge < -0.3 is 9.05 Å². The van der Waals surface area contributed by atoms with Crippen molar-refractivity contribution in [2.24, 2.45) is 0 Å². The van der Waals surface area contributed by atoms with E-state index in [9.17, 15) is 4.57 Å².